The first kappa shape index (κ1) is 13.7. The van der Waals surface area contributed by atoms with E-state index >= 15 is 0 Å². The molecule has 0 unspecified atom stereocenters. The Bertz CT molecular complexity index is 203. The fraction of sp³-hybridized carbons (Fsp3) is 1.00. The summed E-state index contributed by atoms with van der Waals surface area (Å²) in [7, 11) is 1.08. The van der Waals surface area contributed by atoms with Crippen molar-refractivity contribution >= 4 is 0 Å². The summed E-state index contributed by atoms with van der Waals surface area (Å²) in [4.78, 5) is 0. The maximum atomic E-state index is 12.4. The Hall–Kier alpha value is -0.330. The minimum atomic E-state index is -4.30. The van der Waals surface area contributed by atoms with E-state index in [1.165, 1.54) is 0 Å². The Morgan fingerprint density at radius 1 is 1.31 bits per heavy atom. The van der Waals surface area contributed by atoms with E-state index in [0.29, 0.717) is 0 Å². The number of rotatable bonds is 4. The molecule has 16 heavy (non-hydrogen) atoms. The topological polar surface area (TPSA) is 47.3 Å². The highest BCUT2D eigenvalue weighted by molar-refractivity contribution is 4.81. The lowest BCUT2D eigenvalue weighted by atomic mass is 9.92. The molecule has 1 rings (SSSR count). The molecule has 3 nitrogen and oxygen atoms in total. The monoisotopic (exact) mass is 240 g/mol. The third-order valence-electron chi connectivity index (χ3n) is 3.01. The van der Waals surface area contributed by atoms with E-state index in [1.54, 1.807) is 0 Å². The van der Waals surface area contributed by atoms with E-state index in [9.17, 15) is 13.2 Å². The summed E-state index contributed by atoms with van der Waals surface area (Å²) < 4.78 is 41.5. The number of ether oxygens (including phenoxy) is 1. The molecule has 0 radical (unpaired) electrons. The Morgan fingerprint density at radius 3 is 2.31 bits per heavy atom. The second-order valence-corrected chi connectivity index (χ2v) is 4.29. The smallest absolute Gasteiger partial charge is 0.371 e. The highest BCUT2D eigenvalue weighted by Crippen LogP contribution is 2.23. The number of methoxy groups -OCH3 is 1. The zero-order chi connectivity index (χ0) is 12.2. The van der Waals surface area contributed by atoms with Crippen LogP contribution in [0.2, 0.25) is 0 Å². The van der Waals surface area contributed by atoms with Gasteiger partial charge in [0.1, 0.15) is 0 Å². The predicted molar refractivity (Wildman–Crippen MR) is 55.1 cm³/mol. The minimum Gasteiger partial charge on any atom is -0.371 e. The van der Waals surface area contributed by atoms with Crippen LogP contribution in [0.1, 0.15) is 25.7 Å². The Kier molecular flexibility index (Phi) is 5.01. The van der Waals surface area contributed by atoms with Crippen molar-refractivity contribution < 1.29 is 17.9 Å². The van der Waals surface area contributed by atoms with E-state index in [4.69, 9.17) is 5.73 Å². The molecule has 0 amide bonds. The lowest BCUT2D eigenvalue weighted by molar-refractivity contribution is -0.211. The van der Waals surface area contributed by atoms with Crippen LogP contribution in [0.25, 0.3) is 0 Å². The molecule has 1 aliphatic rings. The molecule has 1 saturated carbocycles. The van der Waals surface area contributed by atoms with Gasteiger partial charge in [-0.15, -0.1) is 0 Å². The van der Waals surface area contributed by atoms with Crippen molar-refractivity contribution in [2.24, 2.45) is 5.73 Å². The molecule has 1 aliphatic carbocycles. The van der Waals surface area contributed by atoms with Crippen molar-refractivity contribution in [2.75, 3.05) is 13.7 Å². The number of nitrogens with two attached hydrogens (primary N) is 1. The van der Waals surface area contributed by atoms with Crippen LogP contribution >= 0.6 is 0 Å². The first-order valence-electron chi connectivity index (χ1n) is 5.52. The molecule has 0 heterocycles. The average molecular weight is 240 g/mol. The van der Waals surface area contributed by atoms with Gasteiger partial charge >= 0.3 is 6.18 Å². The van der Waals surface area contributed by atoms with Crippen LogP contribution in [-0.2, 0) is 4.74 Å². The normalized spacial score (nSPS) is 29.1. The molecule has 0 aliphatic heterocycles. The van der Waals surface area contributed by atoms with Crippen molar-refractivity contribution in [1.29, 1.82) is 0 Å². The summed E-state index contributed by atoms with van der Waals surface area (Å²) in [5.41, 5.74) is 5.72. The van der Waals surface area contributed by atoms with E-state index in [1.807, 2.05) is 0 Å². The largest absolute Gasteiger partial charge is 0.415 e. The van der Waals surface area contributed by atoms with Crippen LogP contribution < -0.4 is 11.1 Å². The van der Waals surface area contributed by atoms with Crippen molar-refractivity contribution in [1.82, 2.24) is 5.32 Å². The zero-order valence-electron chi connectivity index (χ0n) is 9.39. The third-order valence-corrected chi connectivity index (χ3v) is 3.01. The Morgan fingerprint density at radius 2 is 1.88 bits per heavy atom. The second-order valence-electron chi connectivity index (χ2n) is 4.29. The van der Waals surface area contributed by atoms with E-state index < -0.39 is 12.3 Å². The first-order chi connectivity index (χ1) is 7.43. The van der Waals surface area contributed by atoms with Gasteiger partial charge in [0.05, 0.1) is 0 Å². The number of hydrogen-bond acceptors (Lipinski definition) is 3. The number of nitrogens with one attached hydrogen (secondary N) is 1. The summed E-state index contributed by atoms with van der Waals surface area (Å²) in [5, 5.41) is 2.90. The highest BCUT2D eigenvalue weighted by atomic mass is 19.4. The lowest BCUT2D eigenvalue weighted by Gasteiger charge is -2.28. The van der Waals surface area contributed by atoms with Crippen LogP contribution in [0.15, 0.2) is 0 Å². The number of hydrogen-bond donors (Lipinski definition) is 2. The minimum absolute atomic E-state index is 0.139. The maximum absolute atomic E-state index is 12.4. The standard InChI is InChI=1S/C10H19F3N2O/c1-16-9(10(11,12)13)6-15-8-4-2-7(14)3-5-8/h7-9,15H,2-6,14H2,1H3/t7-,8-,9-/m1/s1. The van der Waals surface area contributed by atoms with Crippen molar-refractivity contribution in [3.8, 4) is 0 Å². The van der Waals surface area contributed by atoms with Crippen LogP contribution in [0.5, 0.6) is 0 Å². The molecule has 0 bridgehead atoms. The van der Waals surface area contributed by atoms with Gasteiger partial charge < -0.3 is 15.8 Å². The predicted octanol–water partition coefficient (Wildman–Crippen LogP) is 1.42. The number of halogens is 3. The first-order valence-corrected chi connectivity index (χ1v) is 5.52. The van der Waals surface area contributed by atoms with Gasteiger partial charge in [0.2, 0.25) is 0 Å². The van der Waals surface area contributed by atoms with Gasteiger partial charge in [0.25, 0.3) is 0 Å². The van der Waals surface area contributed by atoms with E-state index in [0.717, 1.165) is 32.8 Å². The molecule has 0 saturated heterocycles. The Balaban J connectivity index is 2.28. The van der Waals surface area contributed by atoms with Crippen LogP contribution in [0.3, 0.4) is 0 Å². The molecule has 3 N–H and O–H groups in total. The summed E-state index contributed by atoms with van der Waals surface area (Å²) in [6, 6.07) is 0.346. The van der Waals surface area contributed by atoms with Gasteiger partial charge in [-0.25, -0.2) is 0 Å². The average Bonchev–Trinajstić information content (AvgIpc) is 2.19. The summed E-state index contributed by atoms with van der Waals surface area (Å²) in [6.07, 6.45) is -2.58. The fourth-order valence-corrected chi connectivity index (χ4v) is 1.93. The quantitative estimate of drug-likeness (QED) is 0.781. The van der Waals surface area contributed by atoms with Gasteiger partial charge in [0.15, 0.2) is 6.10 Å². The van der Waals surface area contributed by atoms with Crippen LogP contribution in [-0.4, -0.2) is 38.0 Å². The molecule has 0 aromatic heterocycles. The van der Waals surface area contributed by atoms with E-state index in [2.05, 4.69) is 10.1 Å². The maximum Gasteiger partial charge on any atom is 0.415 e. The zero-order valence-corrected chi connectivity index (χ0v) is 9.39. The highest BCUT2D eigenvalue weighted by Gasteiger charge is 2.40. The van der Waals surface area contributed by atoms with Crippen LogP contribution in [0, 0.1) is 0 Å². The summed E-state index contributed by atoms with van der Waals surface area (Å²) in [5.74, 6) is 0. The SMILES string of the molecule is CO[C@H](CN[C@H]1CC[C@H](N)CC1)C(F)(F)F. The molecule has 96 valence electrons. The molecule has 6 heteroatoms. The van der Waals surface area contributed by atoms with Gasteiger partial charge in [-0.05, 0) is 25.7 Å². The molecular formula is C10H19F3N2O. The molecule has 0 spiro atoms. The lowest BCUT2D eigenvalue weighted by Crippen LogP contribution is -2.45. The molecule has 1 fully saturated rings. The number of alkyl halides is 3. The molecule has 0 aromatic rings. The summed E-state index contributed by atoms with van der Waals surface area (Å²) in [6.45, 7) is -0.181. The van der Waals surface area contributed by atoms with Crippen molar-refractivity contribution in [3.63, 3.8) is 0 Å². The molecule has 1 atom stereocenters. The van der Waals surface area contributed by atoms with Crippen LogP contribution in [0.4, 0.5) is 13.2 Å². The Labute approximate surface area is 93.5 Å². The third kappa shape index (κ3) is 4.27. The molecular weight excluding hydrogens is 221 g/mol. The fourth-order valence-electron chi connectivity index (χ4n) is 1.93. The van der Waals surface area contributed by atoms with Gasteiger partial charge in [0, 0.05) is 25.7 Å². The van der Waals surface area contributed by atoms with Gasteiger partial charge in [-0.3, -0.25) is 0 Å². The molecule has 0 aromatic carbocycles. The van der Waals surface area contributed by atoms with Crippen molar-refractivity contribution in [3.05, 3.63) is 0 Å². The van der Waals surface area contributed by atoms with Gasteiger partial charge in [-0.1, -0.05) is 0 Å². The van der Waals surface area contributed by atoms with E-state index in [-0.39, 0.29) is 18.6 Å². The van der Waals surface area contributed by atoms with Crippen molar-refractivity contribution in [2.45, 2.75) is 50.0 Å². The van der Waals surface area contributed by atoms with Gasteiger partial charge in [-0.2, -0.15) is 13.2 Å². The second kappa shape index (κ2) is 5.84. The summed E-state index contributed by atoms with van der Waals surface area (Å²) >= 11 is 0.